The summed E-state index contributed by atoms with van der Waals surface area (Å²) in [5, 5.41) is 0. The van der Waals surface area contributed by atoms with Crippen LogP contribution in [0.2, 0.25) is 0 Å². The maximum atomic E-state index is 12.9. The zero-order valence-electron chi connectivity index (χ0n) is 16.2. The molecule has 2 aliphatic rings. The number of nitrogens with zero attached hydrogens (tertiary/aromatic N) is 1. The van der Waals surface area contributed by atoms with E-state index in [1.165, 1.54) is 0 Å². The molecule has 4 heteroatoms. The lowest BCUT2D eigenvalue weighted by Gasteiger charge is -2.44. The Bertz CT molecular complexity index is 923. The van der Waals surface area contributed by atoms with Crippen LogP contribution in [-0.2, 0) is 0 Å². The van der Waals surface area contributed by atoms with Crippen LogP contribution in [0.4, 0.5) is 0 Å². The van der Waals surface area contributed by atoms with Crippen LogP contribution in [0.15, 0.2) is 36.4 Å². The standard InChI is InChI=1S/C23H25NO3/c1-15-8-9-19-20(25)14-23(27-21(19)17(15)3)10-12-24(13-11-23)22(26)18-7-5-4-6-16(18)2/h4-9H,10-14H2,1-3H3. The van der Waals surface area contributed by atoms with Crippen molar-refractivity contribution in [2.24, 2.45) is 0 Å². The van der Waals surface area contributed by atoms with Crippen molar-refractivity contribution in [2.75, 3.05) is 13.1 Å². The Morgan fingerprint density at radius 1 is 1.00 bits per heavy atom. The molecule has 4 nitrogen and oxygen atoms in total. The number of piperidine rings is 1. The topological polar surface area (TPSA) is 46.6 Å². The van der Waals surface area contributed by atoms with Crippen LogP contribution in [0, 0.1) is 20.8 Å². The number of ether oxygens (including phenoxy) is 1. The van der Waals surface area contributed by atoms with E-state index >= 15 is 0 Å². The van der Waals surface area contributed by atoms with Crippen molar-refractivity contribution in [2.45, 2.75) is 45.6 Å². The Kier molecular flexibility index (Phi) is 4.29. The van der Waals surface area contributed by atoms with Gasteiger partial charge in [-0.3, -0.25) is 9.59 Å². The van der Waals surface area contributed by atoms with E-state index in [2.05, 4.69) is 0 Å². The van der Waals surface area contributed by atoms with Crippen LogP contribution in [-0.4, -0.2) is 35.3 Å². The van der Waals surface area contributed by atoms with E-state index in [1.54, 1.807) is 0 Å². The summed E-state index contributed by atoms with van der Waals surface area (Å²) in [5.74, 6) is 0.959. The molecule has 1 amide bonds. The third-order valence-electron chi connectivity index (χ3n) is 6.12. The second-order valence-corrected chi connectivity index (χ2v) is 7.88. The van der Waals surface area contributed by atoms with Crippen LogP contribution < -0.4 is 4.74 Å². The number of fused-ring (bicyclic) bond motifs is 1. The van der Waals surface area contributed by atoms with Gasteiger partial charge in [-0.25, -0.2) is 0 Å². The molecular weight excluding hydrogens is 338 g/mol. The highest BCUT2D eigenvalue weighted by molar-refractivity contribution is 6.01. The molecule has 140 valence electrons. The summed E-state index contributed by atoms with van der Waals surface area (Å²) >= 11 is 0. The highest BCUT2D eigenvalue weighted by Crippen LogP contribution is 2.41. The predicted molar refractivity (Wildman–Crippen MR) is 105 cm³/mol. The predicted octanol–water partition coefficient (Wildman–Crippen LogP) is 4.25. The van der Waals surface area contributed by atoms with Crippen molar-refractivity contribution in [1.29, 1.82) is 0 Å². The van der Waals surface area contributed by atoms with Gasteiger partial charge in [0.25, 0.3) is 5.91 Å². The van der Waals surface area contributed by atoms with Gasteiger partial charge >= 0.3 is 0 Å². The second-order valence-electron chi connectivity index (χ2n) is 7.88. The summed E-state index contributed by atoms with van der Waals surface area (Å²) in [6.07, 6.45) is 1.77. The first-order chi connectivity index (χ1) is 12.9. The van der Waals surface area contributed by atoms with Crippen LogP contribution in [0.1, 0.15) is 56.7 Å². The van der Waals surface area contributed by atoms with Gasteiger partial charge in [-0.1, -0.05) is 24.3 Å². The summed E-state index contributed by atoms with van der Waals surface area (Å²) in [6.45, 7) is 7.23. The Morgan fingerprint density at radius 3 is 2.41 bits per heavy atom. The fourth-order valence-corrected chi connectivity index (χ4v) is 4.16. The molecule has 1 fully saturated rings. The molecule has 0 atom stereocenters. The number of amides is 1. The number of hydrogen-bond acceptors (Lipinski definition) is 3. The van der Waals surface area contributed by atoms with Crippen molar-refractivity contribution in [3.8, 4) is 5.75 Å². The zero-order valence-corrected chi connectivity index (χ0v) is 16.2. The van der Waals surface area contributed by atoms with Crippen LogP contribution >= 0.6 is 0 Å². The summed E-state index contributed by atoms with van der Waals surface area (Å²) in [4.78, 5) is 27.5. The highest BCUT2D eigenvalue weighted by atomic mass is 16.5. The van der Waals surface area contributed by atoms with E-state index in [4.69, 9.17) is 4.74 Å². The van der Waals surface area contributed by atoms with Gasteiger partial charge in [-0.2, -0.15) is 0 Å². The molecule has 1 spiro atoms. The lowest BCUT2D eigenvalue weighted by Crippen LogP contribution is -2.52. The molecule has 0 aromatic heterocycles. The lowest BCUT2D eigenvalue weighted by molar-refractivity contribution is -0.00621. The van der Waals surface area contributed by atoms with E-state index in [9.17, 15) is 9.59 Å². The SMILES string of the molecule is Cc1ccccc1C(=O)N1CCC2(CC1)CC(=O)c1ccc(C)c(C)c1O2. The van der Waals surface area contributed by atoms with Crippen molar-refractivity contribution >= 4 is 11.7 Å². The van der Waals surface area contributed by atoms with Gasteiger partial charge in [0.1, 0.15) is 11.4 Å². The van der Waals surface area contributed by atoms with Crippen molar-refractivity contribution in [3.05, 3.63) is 64.2 Å². The number of likely N-dealkylation sites (tertiary alicyclic amines) is 1. The Morgan fingerprint density at radius 2 is 1.70 bits per heavy atom. The lowest BCUT2D eigenvalue weighted by atomic mass is 9.81. The number of carbonyl (C=O) groups is 2. The number of rotatable bonds is 1. The molecule has 0 bridgehead atoms. The fourth-order valence-electron chi connectivity index (χ4n) is 4.16. The summed E-state index contributed by atoms with van der Waals surface area (Å²) in [7, 11) is 0. The average molecular weight is 363 g/mol. The molecule has 2 heterocycles. The third kappa shape index (κ3) is 3.03. The maximum absolute atomic E-state index is 12.9. The normalized spacial score (nSPS) is 18.2. The van der Waals surface area contributed by atoms with E-state index < -0.39 is 5.60 Å². The quantitative estimate of drug-likeness (QED) is 0.761. The van der Waals surface area contributed by atoms with E-state index in [-0.39, 0.29) is 11.7 Å². The molecule has 2 aromatic carbocycles. The zero-order chi connectivity index (χ0) is 19.2. The molecule has 27 heavy (non-hydrogen) atoms. The van der Waals surface area contributed by atoms with Gasteiger partial charge in [0.15, 0.2) is 5.78 Å². The smallest absolute Gasteiger partial charge is 0.254 e. The highest BCUT2D eigenvalue weighted by Gasteiger charge is 2.44. The molecule has 0 N–H and O–H groups in total. The van der Waals surface area contributed by atoms with Crippen molar-refractivity contribution in [3.63, 3.8) is 0 Å². The molecule has 1 saturated heterocycles. The molecule has 0 saturated carbocycles. The Labute approximate surface area is 160 Å². The number of benzene rings is 2. The number of Topliss-reactive ketones (excluding diaryl/α,β-unsaturated/α-hetero) is 1. The van der Waals surface area contributed by atoms with E-state index in [0.29, 0.717) is 37.9 Å². The monoisotopic (exact) mass is 363 g/mol. The summed E-state index contributed by atoms with van der Waals surface area (Å²) in [5.41, 5.74) is 4.13. The van der Waals surface area contributed by atoms with Gasteiger partial charge in [0.2, 0.25) is 0 Å². The molecule has 0 radical (unpaired) electrons. The molecular formula is C23H25NO3. The summed E-state index contributed by atoms with van der Waals surface area (Å²) < 4.78 is 6.44. The second kappa shape index (κ2) is 6.52. The molecule has 2 aromatic rings. The first-order valence-electron chi connectivity index (χ1n) is 9.57. The van der Waals surface area contributed by atoms with Gasteiger partial charge in [-0.15, -0.1) is 0 Å². The number of aryl methyl sites for hydroxylation is 2. The van der Waals surface area contributed by atoms with Crippen molar-refractivity contribution in [1.82, 2.24) is 4.90 Å². The minimum atomic E-state index is -0.481. The molecule has 0 aliphatic carbocycles. The number of carbonyl (C=O) groups excluding carboxylic acids is 2. The largest absolute Gasteiger partial charge is 0.486 e. The number of hydrogen-bond donors (Lipinski definition) is 0. The van der Waals surface area contributed by atoms with Gasteiger partial charge < -0.3 is 9.64 Å². The van der Waals surface area contributed by atoms with E-state index in [0.717, 1.165) is 28.0 Å². The van der Waals surface area contributed by atoms with Crippen LogP contribution in [0.3, 0.4) is 0 Å². The van der Waals surface area contributed by atoms with Gasteiger partial charge in [0, 0.05) is 31.5 Å². The first-order valence-corrected chi connectivity index (χ1v) is 9.57. The molecule has 0 unspecified atom stereocenters. The summed E-state index contributed by atoms with van der Waals surface area (Å²) in [6, 6.07) is 11.5. The molecule has 4 rings (SSSR count). The average Bonchev–Trinajstić information content (AvgIpc) is 2.66. The van der Waals surface area contributed by atoms with Crippen LogP contribution in [0.25, 0.3) is 0 Å². The van der Waals surface area contributed by atoms with E-state index in [1.807, 2.05) is 62.1 Å². The Balaban J connectivity index is 1.54. The maximum Gasteiger partial charge on any atom is 0.254 e. The third-order valence-corrected chi connectivity index (χ3v) is 6.12. The Hall–Kier alpha value is -2.62. The van der Waals surface area contributed by atoms with Gasteiger partial charge in [-0.05, 0) is 49.6 Å². The van der Waals surface area contributed by atoms with Gasteiger partial charge in [0.05, 0.1) is 12.0 Å². The number of ketones is 1. The minimum absolute atomic E-state index is 0.0671. The van der Waals surface area contributed by atoms with Crippen LogP contribution in [0.5, 0.6) is 5.75 Å². The fraction of sp³-hybridized carbons (Fsp3) is 0.391. The molecule has 2 aliphatic heterocycles. The van der Waals surface area contributed by atoms with Crippen molar-refractivity contribution < 1.29 is 14.3 Å². The first kappa shape index (κ1) is 17.8. The minimum Gasteiger partial charge on any atom is -0.486 e.